The Morgan fingerprint density at radius 3 is 2.04 bits per heavy atom. The third kappa shape index (κ3) is 7.97. The number of hydrogen-bond donors (Lipinski definition) is 5. The molecule has 1 aromatic heterocycles. The van der Waals surface area contributed by atoms with Crippen LogP contribution in [0.15, 0.2) is 105 Å². The number of fused-ring (bicyclic) bond motifs is 1. The summed E-state index contributed by atoms with van der Waals surface area (Å²) in [5.74, 6) is 0.339. The molecule has 0 saturated heterocycles. The number of amides is 2. The van der Waals surface area contributed by atoms with Crippen LogP contribution in [0.1, 0.15) is 22.3 Å². The summed E-state index contributed by atoms with van der Waals surface area (Å²) >= 11 is 6.27. The van der Waals surface area contributed by atoms with Gasteiger partial charge in [-0.15, -0.1) is 10.2 Å². The second kappa shape index (κ2) is 14.3. The van der Waals surface area contributed by atoms with E-state index in [2.05, 4.69) is 51.4 Å². The number of carbonyl (C=O) groups is 1. The third-order valence-electron chi connectivity index (χ3n) is 7.57. The van der Waals surface area contributed by atoms with Crippen LogP contribution < -0.4 is 21.7 Å². The van der Waals surface area contributed by atoms with Gasteiger partial charge in [0, 0.05) is 16.8 Å². The van der Waals surface area contributed by atoms with Crippen molar-refractivity contribution in [3.05, 3.63) is 112 Å². The largest absolute Gasteiger partial charge is 0.505 e. The highest BCUT2D eigenvalue weighted by Gasteiger charge is 2.13. The molecular weight excluding hydrogens is 654 g/mol. The lowest BCUT2D eigenvalue weighted by molar-refractivity contribution is 0.259. The Balaban J connectivity index is 1.22. The van der Waals surface area contributed by atoms with Gasteiger partial charge in [0.1, 0.15) is 11.4 Å². The van der Waals surface area contributed by atoms with E-state index in [9.17, 15) is 9.90 Å². The number of azo groups is 2. The number of benzene rings is 5. The van der Waals surface area contributed by atoms with Crippen LogP contribution in [0.25, 0.3) is 10.8 Å². The fourth-order valence-corrected chi connectivity index (χ4v) is 5.28. The number of phenols is 1. The summed E-state index contributed by atoms with van der Waals surface area (Å²) in [5, 5.41) is 38.5. The number of urea groups is 1. The summed E-state index contributed by atoms with van der Waals surface area (Å²) in [5.41, 5.74) is 13.0. The van der Waals surface area contributed by atoms with E-state index in [-0.39, 0.29) is 22.9 Å². The number of anilines is 5. The van der Waals surface area contributed by atoms with E-state index in [1.807, 2.05) is 82.3 Å². The van der Waals surface area contributed by atoms with Crippen molar-refractivity contribution in [2.24, 2.45) is 26.2 Å². The number of primary amides is 1. The number of aryl methyl sites for hydroxylation is 4. The van der Waals surface area contributed by atoms with E-state index in [0.717, 1.165) is 27.6 Å². The lowest BCUT2D eigenvalue weighted by Crippen LogP contribution is -2.19. The molecule has 13 nitrogen and oxygen atoms in total. The summed E-state index contributed by atoms with van der Waals surface area (Å²) in [7, 11) is 0. The zero-order valence-electron chi connectivity index (χ0n) is 27.5. The number of aromatic nitrogens is 3. The van der Waals surface area contributed by atoms with Crippen molar-refractivity contribution in [3.63, 3.8) is 0 Å². The SMILES string of the molecule is Cc1ccc(N=Nc2c(C)cc3cc(Nc4nc(Cl)nc(Nc5ccc(N=Nc6ccc(C)cc6C)c(NC(N)=O)c5)n4)ccc3c2O)cc1. The molecule has 1 heterocycles. The number of aromatic hydroxyl groups is 1. The van der Waals surface area contributed by atoms with Gasteiger partial charge in [-0.25, -0.2) is 4.79 Å². The molecule has 0 spiro atoms. The van der Waals surface area contributed by atoms with Crippen molar-refractivity contribution >= 4 is 80.1 Å². The first-order valence-corrected chi connectivity index (χ1v) is 15.8. The Morgan fingerprint density at radius 2 is 1.34 bits per heavy atom. The summed E-state index contributed by atoms with van der Waals surface area (Å²) in [6, 6.07) is 25.0. The van der Waals surface area contributed by atoms with Crippen molar-refractivity contribution in [3.8, 4) is 5.75 Å². The maximum Gasteiger partial charge on any atom is 0.316 e. The average molecular weight is 686 g/mol. The number of carbonyl (C=O) groups excluding carboxylic acids is 1. The standard InChI is InChI=1S/C36H32ClN11O2/c1-19-5-8-24(9-6-19)45-48-31-22(4)16-23-17-25(10-12-27(23)32(31)49)39-35-42-33(37)43-36(44-35)40-26-11-14-29(30(18-26)41-34(38)50)47-46-28-13-7-20(2)15-21(28)3/h5-18,49H,1-4H3,(H3,38,41,50)(H2,39,40,42,43,44). The first kappa shape index (κ1) is 33.4. The van der Waals surface area contributed by atoms with E-state index in [1.54, 1.807) is 30.3 Å². The predicted octanol–water partition coefficient (Wildman–Crippen LogP) is 10.4. The normalized spacial score (nSPS) is 11.4. The van der Waals surface area contributed by atoms with Crippen LogP contribution in [0, 0.1) is 27.7 Å². The van der Waals surface area contributed by atoms with Crippen LogP contribution >= 0.6 is 11.6 Å². The van der Waals surface area contributed by atoms with E-state index < -0.39 is 6.03 Å². The number of nitrogens with two attached hydrogens (primary N) is 1. The highest BCUT2D eigenvalue weighted by atomic mass is 35.5. The minimum atomic E-state index is -0.762. The van der Waals surface area contributed by atoms with E-state index >= 15 is 0 Å². The molecule has 6 aromatic rings. The topological polar surface area (TPSA) is 188 Å². The Bertz CT molecular complexity index is 2310. The fraction of sp³-hybridized carbons (Fsp3) is 0.111. The smallest absolute Gasteiger partial charge is 0.316 e. The molecule has 14 heteroatoms. The number of hydrogen-bond acceptors (Lipinski definition) is 11. The highest BCUT2D eigenvalue weighted by molar-refractivity contribution is 6.28. The van der Waals surface area contributed by atoms with Crippen molar-refractivity contribution in [1.29, 1.82) is 0 Å². The Kier molecular flexibility index (Phi) is 9.59. The zero-order chi connectivity index (χ0) is 35.4. The molecule has 0 bridgehead atoms. The second-order valence-corrected chi connectivity index (χ2v) is 11.9. The second-order valence-electron chi connectivity index (χ2n) is 11.6. The van der Waals surface area contributed by atoms with Gasteiger partial charge in [-0.1, -0.05) is 35.4 Å². The molecule has 6 rings (SSSR count). The van der Waals surface area contributed by atoms with Gasteiger partial charge in [0.05, 0.1) is 17.1 Å². The molecule has 0 atom stereocenters. The minimum absolute atomic E-state index is 0.0278. The maximum absolute atomic E-state index is 11.8. The lowest BCUT2D eigenvalue weighted by atomic mass is 10.0. The van der Waals surface area contributed by atoms with Crippen LogP contribution in [0.2, 0.25) is 5.28 Å². The fourth-order valence-electron chi connectivity index (χ4n) is 5.12. The quantitative estimate of drug-likeness (QED) is 0.0935. The molecule has 6 N–H and O–H groups in total. The average Bonchev–Trinajstić information content (AvgIpc) is 3.05. The van der Waals surface area contributed by atoms with Gasteiger partial charge in [-0.3, -0.25) is 0 Å². The van der Waals surface area contributed by atoms with Crippen LogP contribution in [0.4, 0.5) is 56.5 Å². The van der Waals surface area contributed by atoms with Gasteiger partial charge in [0.25, 0.3) is 0 Å². The van der Waals surface area contributed by atoms with Gasteiger partial charge in [-0.05, 0) is 116 Å². The van der Waals surface area contributed by atoms with Gasteiger partial charge >= 0.3 is 6.03 Å². The molecule has 250 valence electrons. The summed E-state index contributed by atoms with van der Waals surface area (Å²) in [6.07, 6.45) is 0. The lowest BCUT2D eigenvalue weighted by Gasteiger charge is -2.12. The van der Waals surface area contributed by atoms with Crippen LogP contribution in [-0.4, -0.2) is 26.1 Å². The number of nitrogens with one attached hydrogen (secondary N) is 3. The van der Waals surface area contributed by atoms with Crippen molar-refractivity contribution in [1.82, 2.24) is 15.0 Å². The Labute approximate surface area is 292 Å². The molecule has 5 aromatic carbocycles. The van der Waals surface area contributed by atoms with Crippen LogP contribution in [0.3, 0.4) is 0 Å². The third-order valence-corrected chi connectivity index (χ3v) is 7.74. The highest BCUT2D eigenvalue weighted by Crippen LogP contribution is 2.40. The van der Waals surface area contributed by atoms with Gasteiger partial charge in [0.2, 0.25) is 17.2 Å². The van der Waals surface area contributed by atoms with Crippen LogP contribution in [-0.2, 0) is 0 Å². The molecule has 2 amide bonds. The summed E-state index contributed by atoms with van der Waals surface area (Å²) in [4.78, 5) is 24.6. The monoisotopic (exact) mass is 685 g/mol. The molecule has 0 unspecified atom stereocenters. The number of halogens is 1. The summed E-state index contributed by atoms with van der Waals surface area (Å²) in [6.45, 7) is 7.81. The van der Waals surface area contributed by atoms with E-state index in [0.29, 0.717) is 45.2 Å². The van der Waals surface area contributed by atoms with Gasteiger partial charge in [0.15, 0.2) is 5.75 Å². The van der Waals surface area contributed by atoms with Gasteiger partial charge < -0.3 is 26.8 Å². The molecular formula is C36H32ClN11O2. The number of nitrogens with zero attached hydrogens (tertiary/aromatic N) is 7. The van der Waals surface area contributed by atoms with Crippen molar-refractivity contribution < 1.29 is 9.90 Å². The van der Waals surface area contributed by atoms with Gasteiger partial charge in [-0.2, -0.15) is 25.2 Å². The molecule has 0 radical (unpaired) electrons. The zero-order valence-corrected chi connectivity index (χ0v) is 28.3. The van der Waals surface area contributed by atoms with E-state index in [4.69, 9.17) is 17.3 Å². The van der Waals surface area contributed by atoms with Crippen LogP contribution in [0.5, 0.6) is 5.75 Å². The van der Waals surface area contributed by atoms with Crippen molar-refractivity contribution in [2.45, 2.75) is 27.7 Å². The molecule has 0 aliphatic rings. The minimum Gasteiger partial charge on any atom is -0.505 e. The number of rotatable bonds is 9. The molecule has 50 heavy (non-hydrogen) atoms. The maximum atomic E-state index is 11.8. The first-order valence-electron chi connectivity index (χ1n) is 15.4. The summed E-state index contributed by atoms with van der Waals surface area (Å²) < 4.78 is 0. The first-order chi connectivity index (χ1) is 24.0. The number of phenolic OH excluding ortho intramolecular Hbond substituents is 1. The molecule has 0 fully saturated rings. The Morgan fingerprint density at radius 1 is 0.700 bits per heavy atom. The molecule has 0 aliphatic carbocycles. The Hall–Kier alpha value is -6.47. The predicted molar refractivity (Wildman–Crippen MR) is 197 cm³/mol. The van der Waals surface area contributed by atoms with E-state index in [1.165, 1.54) is 0 Å². The molecule has 0 aliphatic heterocycles. The molecule has 0 saturated carbocycles. The van der Waals surface area contributed by atoms with Crippen molar-refractivity contribution in [2.75, 3.05) is 16.0 Å².